The van der Waals surface area contributed by atoms with Crippen LogP contribution >= 0.6 is 0 Å². The molecule has 0 bridgehead atoms. The lowest BCUT2D eigenvalue weighted by Crippen LogP contribution is -2.61. The largest absolute Gasteiger partial charge is 0.374 e. The van der Waals surface area contributed by atoms with Crippen LogP contribution in [-0.2, 0) is 4.74 Å². The molecule has 5 nitrogen and oxygen atoms in total. The first-order chi connectivity index (χ1) is 12.3. The van der Waals surface area contributed by atoms with Crippen molar-refractivity contribution < 1.29 is 9.53 Å². The zero-order chi connectivity index (χ0) is 17.1. The van der Waals surface area contributed by atoms with Gasteiger partial charge in [-0.3, -0.25) is 9.78 Å². The Morgan fingerprint density at radius 3 is 2.88 bits per heavy atom. The molecule has 0 spiro atoms. The summed E-state index contributed by atoms with van der Waals surface area (Å²) in [5, 5.41) is 0. The summed E-state index contributed by atoms with van der Waals surface area (Å²) in [6.45, 7) is 4.49. The zero-order valence-corrected chi connectivity index (χ0v) is 14.7. The topological polar surface area (TPSA) is 45.7 Å². The number of rotatable bonds is 3. The molecular weight excluding hydrogens is 314 g/mol. The molecule has 0 N–H and O–H groups in total. The summed E-state index contributed by atoms with van der Waals surface area (Å²) >= 11 is 0. The fourth-order valence-corrected chi connectivity index (χ4v) is 4.40. The van der Waals surface area contributed by atoms with Gasteiger partial charge in [-0.2, -0.15) is 0 Å². The molecule has 0 aromatic carbocycles. The van der Waals surface area contributed by atoms with Gasteiger partial charge in [0.25, 0.3) is 5.91 Å². The molecule has 0 unspecified atom stereocenters. The average molecular weight is 341 g/mol. The van der Waals surface area contributed by atoms with E-state index in [1.54, 1.807) is 12.4 Å². The number of carbonyl (C=O) groups excluding carboxylic acids is 1. The molecule has 2 saturated heterocycles. The van der Waals surface area contributed by atoms with Gasteiger partial charge in [-0.15, -0.1) is 0 Å². The number of carbonyl (C=O) groups is 1. The van der Waals surface area contributed by atoms with Crippen molar-refractivity contribution in [2.45, 2.75) is 37.8 Å². The second-order valence-corrected chi connectivity index (χ2v) is 7.41. The number of likely N-dealkylation sites (tertiary alicyclic amines) is 1. The molecule has 2 fully saturated rings. The first-order valence-corrected chi connectivity index (χ1v) is 9.51. The number of allylic oxidation sites excluding steroid dienone is 2. The van der Waals surface area contributed by atoms with Gasteiger partial charge >= 0.3 is 0 Å². The average Bonchev–Trinajstić information content (AvgIpc) is 2.68. The Morgan fingerprint density at radius 1 is 1.20 bits per heavy atom. The minimum Gasteiger partial charge on any atom is -0.374 e. The summed E-state index contributed by atoms with van der Waals surface area (Å²) < 4.78 is 5.99. The lowest BCUT2D eigenvalue weighted by Gasteiger charge is -2.47. The van der Waals surface area contributed by atoms with Gasteiger partial charge < -0.3 is 14.5 Å². The van der Waals surface area contributed by atoms with Crippen LogP contribution in [0.2, 0.25) is 0 Å². The van der Waals surface area contributed by atoms with Gasteiger partial charge in [-0.25, -0.2) is 0 Å². The van der Waals surface area contributed by atoms with E-state index in [-0.39, 0.29) is 18.1 Å². The Balaban J connectivity index is 1.44. The predicted octanol–water partition coefficient (Wildman–Crippen LogP) is 2.35. The van der Waals surface area contributed by atoms with Gasteiger partial charge in [0, 0.05) is 44.1 Å². The van der Waals surface area contributed by atoms with Gasteiger partial charge in [0.2, 0.25) is 0 Å². The number of piperidine rings is 1. The highest BCUT2D eigenvalue weighted by Gasteiger charge is 2.39. The number of hydrogen-bond donors (Lipinski definition) is 0. The Kier molecular flexibility index (Phi) is 5.13. The molecule has 5 heteroatoms. The van der Waals surface area contributed by atoms with Gasteiger partial charge in [0.05, 0.1) is 18.8 Å². The Morgan fingerprint density at radius 2 is 2.08 bits per heavy atom. The third kappa shape index (κ3) is 3.77. The molecule has 1 aromatic heterocycles. The Bertz CT molecular complexity index is 619. The van der Waals surface area contributed by atoms with Crippen LogP contribution in [0.1, 0.15) is 36.0 Å². The van der Waals surface area contributed by atoms with Crippen molar-refractivity contribution in [3.63, 3.8) is 0 Å². The minimum atomic E-state index is 0.114. The van der Waals surface area contributed by atoms with Crippen LogP contribution < -0.4 is 0 Å². The number of fused-ring (bicyclic) bond motifs is 1. The highest BCUT2D eigenvalue weighted by molar-refractivity contribution is 5.94. The predicted molar refractivity (Wildman–Crippen MR) is 96.3 cm³/mol. The molecule has 4 rings (SSSR count). The second-order valence-electron chi connectivity index (χ2n) is 7.41. The van der Waals surface area contributed by atoms with E-state index in [0.29, 0.717) is 13.2 Å². The molecular formula is C20H27N3O2. The van der Waals surface area contributed by atoms with Gasteiger partial charge in [-0.1, -0.05) is 12.2 Å². The Labute approximate surface area is 149 Å². The number of morpholine rings is 1. The van der Waals surface area contributed by atoms with Crippen molar-refractivity contribution in [3.8, 4) is 0 Å². The molecule has 134 valence electrons. The fraction of sp³-hybridized carbons (Fsp3) is 0.600. The van der Waals surface area contributed by atoms with Crippen LogP contribution in [0.15, 0.2) is 36.7 Å². The number of ether oxygens (including phenoxy) is 1. The smallest absolute Gasteiger partial charge is 0.254 e. The van der Waals surface area contributed by atoms with E-state index in [4.69, 9.17) is 4.74 Å². The normalized spacial score (nSPS) is 30.1. The van der Waals surface area contributed by atoms with E-state index >= 15 is 0 Å². The van der Waals surface area contributed by atoms with Crippen LogP contribution in [0.25, 0.3) is 0 Å². The van der Waals surface area contributed by atoms with E-state index in [1.807, 2.05) is 17.0 Å². The van der Waals surface area contributed by atoms with E-state index in [1.165, 1.54) is 19.3 Å². The maximum atomic E-state index is 13.0. The summed E-state index contributed by atoms with van der Waals surface area (Å²) in [5.74, 6) is 0.874. The molecule has 2 aliphatic heterocycles. The molecule has 0 saturated carbocycles. The lowest BCUT2D eigenvalue weighted by molar-refractivity contribution is -0.0918. The third-order valence-electron chi connectivity index (χ3n) is 5.75. The Hall–Kier alpha value is -1.72. The number of amides is 1. The minimum absolute atomic E-state index is 0.114. The maximum absolute atomic E-state index is 13.0. The van der Waals surface area contributed by atoms with Crippen LogP contribution in [-0.4, -0.2) is 65.6 Å². The van der Waals surface area contributed by atoms with E-state index in [2.05, 4.69) is 22.0 Å². The molecule has 25 heavy (non-hydrogen) atoms. The summed E-state index contributed by atoms with van der Waals surface area (Å²) in [7, 11) is 0. The van der Waals surface area contributed by atoms with E-state index < -0.39 is 0 Å². The van der Waals surface area contributed by atoms with Crippen molar-refractivity contribution in [2.24, 2.45) is 5.92 Å². The maximum Gasteiger partial charge on any atom is 0.254 e. The highest BCUT2D eigenvalue weighted by Crippen LogP contribution is 2.27. The quantitative estimate of drug-likeness (QED) is 0.792. The summed E-state index contributed by atoms with van der Waals surface area (Å²) in [4.78, 5) is 21.6. The van der Waals surface area contributed by atoms with Crippen molar-refractivity contribution in [3.05, 3.63) is 42.2 Å². The highest BCUT2D eigenvalue weighted by atomic mass is 16.5. The van der Waals surface area contributed by atoms with Gasteiger partial charge in [0.1, 0.15) is 0 Å². The molecule has 3 atom stereocenters. The van der Waals surface area contributed by atoms with Crippen molar-refractivity contribution >= 4 is 5.91 Å². The molecule has 1 aliphatic carbocycles. The molecule has 3 aliphatic rings. The summed E-state index contributed by atoms with van der Waals surface area (Å²) in [6.07, 6.45) is 12.9. The van der Waals surface area contributed by atoms with Crippen molar-refractivity contribution in [1.29, 1.82) is 0 Å². The number of nitrogens with zero attached hydrogens (tertiary/aromatic N) is 3. The SMILES string of the molecule is O=C(c1ccncc1)N1CCO[C@H]2CCN(C[C@H]3CC=CCC3)C[C@@H]21. The van der Waals surface area contributed by atoms with Crippen molar-refractivity contribution in [1.82, 2.24) is 14.8 Å². The number of pyridine rings is 1. The molecule has 0 radical (unpaired) electrons. The molecule has 1 amide bonds. The lowest BCUT2D eigenvalue weighted by atomic mass is 9.91. The van der Waals surface area contributed by atoms with Crippen molar-refractivity contribution in [2.75, 3.05) is 32.8 Å². The first kappa shape index (κ1) is 16.7. The zero-order valence-electron chi connectivity index (χ0n) is 14.7. The standard InChI is InChI=1S/C20H27N3O2/c24-20(17-6-9-21-10-7-17)23-12-13-25-19-8-11-22(15-18(19)23)14-16-4-2-1-3-5-16/h1-2,6-7,9-10,16,18-19H,3-5,8,11-15H2/t16-,18-,19-/m0/s1. The van der Waals surface area contributed by atoms with Crippen LogP contribution in [0.5, 0.6) is 0 Å². The summed E-state index contributed by atoms with van der Waals surface area (Å²) in [5.41, 5.74) is 0.727. The van der Waals surface area contributed by atoms with Gasteiger partial charge in [0.15, 0.2) is 0 Å². The van der Waals surface area contributed by atoms with Crippen LogP contribution in [0, 0.1) is 5.92 Å². The van der Waals surface area contributed by atoms with E-state index in [0.717, 1.165) is 37.5 Å². The van der Waals surface area contributed by atoms with E-state index in [9.17, 15) is 4.79 Å². The first-order valence-electron chi connectivity index (χ1n) is 9.51. The monoisotopic (exact) mass is 341 g/mol. The van der Waals surface area contributed by atoms with Crippen LogP contribution in [0.3, 0.4) is 0 Å². The summed E-state index contributed by atoms with van der Waals surface area (Å²) in [6, 6.07) is 3.78. The van der Waals surface area contributed by atoms with Gasteiger partial charge in [-0.05, 0) is 43.7 Å². The molecule has 1 aromatic rings. The number of aromatic nitrogens is 1. The third-order valence-corrected chi connectivity index (χ3v) is 5.75. The second kappa shape index (κ2) is 7.67. The van der Waals surface area contributed by atoms with Crippen LogP contribution in [0.4, 0.5) is 0 Å². The molecule has 3 heterocycles. The fourth-order valence-electron chi connectivity index (χ4n) is 4.40. The number of hydrogen-bond acceptors (Lipinski definition) is 4.